The molecular weight excluding hydrogens is 164 g/mol. The number of hydrogen-bond donors (Lipinski definition) is 3. The van der Waals surface area contributed by atoms with Crippen molar-refractivity contribution in [1.29, 1.82) is 5.41 Å². The molecular formula is C9H20N4. The summed E-state index contributed by atoms with van der Waals surface area (Å²) in [6.07, 6.45) is 3.24. The van der Waals surface area contributed by atoms with Crippen LogP contribution in [0.1, 0.15) is 13.8 Å². The van der Waals surface area contributed by atoms with Gasteiger partial charge < -0.3 is 16.0 Å². The second-order valence-electron chi connectivity index (χ2n) is 3.88. The Balaban J connectivity index is 3.82. The van der Waals surface area contributed by atoms with Crippen LogP contribution in [0.25, 0.3) is 0 Å². The minimum absolute atomic E-state index is 0.0650. The standard InChI is InChI=1S/C9H20N4/c1-9(2,13(3)4)7-12-6-5-8(10)11/h5-6,12H,7H2,1-4H3,(H3,10,11)/b6-5-. The number of rotatable bonds is 5. The molecule has 0 rings (SSSR count). The summed E-state index contributed by atoms with van der Waals surface area (Å²) in [6, 6.07) is 0. The zero-order chi connectivity index (χ0) is 10.5. The fourth-order valence-corrected chi connectivity index (χ4v) is 0.616. The summed E-state index contributed by atoms with van der Waals surface area (Å²) >= 11 is 0. The van der Waals surface area contributed by atoms with Crippen LogP contribution in [0, 0.1) is 5.41 Å². The summed E-state index contributed by atoms with van der Waals surface area (Å²) < 4.78 is 0. The van der Waals surface area contributed by atoms with Gasteiger partial charge in [-0.1, -0.05) is 0 Å². The molecule has 0 unspecified atom stereocenters. The molecule has 0 heterocycles. The van der Waals surface area contributed by atoms with Crippen molar-refractivity contribution in [3.63, 3.8) is 0 Å². The first-order valence-corrected chi connectivity index (χ1v) is 4.27. The number of nitrogens with two attached hydrogens (primary N) is 1. The summed E-state index contributed by atoms with van der Waals surface area (Å²) in [7, 11) is 4.08. The van der Waals surface area contributed by atoms with Crippen molar-refractivity contribution in [3.8, 4) is 0 Å². The van der Waals surface area contributed by atoms with Crippen molar-refractivity contribution >= 4 is 5.84 Å². The van der Waals surface area contributed by atoms with Gasteiger partial charge >= 0.3 is 0 Å². The number of nitrogens with zero attached hydrogens (tertiary/aromatic N) is 1. The zero-order valence-corrected chi connectivity index (χ0v) is 8.89. The van der Waals surface area contributed by atoms with Crippen molar-refractivity contribution in [1.82, 2.24) is 10.2 Å². The predicted octanol–water partition coefficient (Wildman–Crippen LogP) is 0.366. The molecule has 4 nitrogen and oxygen atoms in total. The van der Waals surface area contributed by atoms with Gasteiger partial charge in [0.2, 0.25) is 0 Å². The van der Waals surface area contributed by atoms with Crippen molar-refractivity contribution in [2.45, 2.75) is 19.4 Å². The molecule has 4 heteroatoms. The molecule has 0 amide bonds. The van der Waals surface area contributed by atoms with Crippen LogP contribution in [0.4, 0.5) is 0 Å². The Kier molecular flexibility index (Phi) is 4.48. The number of amidine groups is 1. The molecule has 0 aliphatic rings. The molecule has 0 aliphatic carbocycles. The van der Waals surface area contributed by atoms with Crippen LogP contribution < -0.4 is 11.1 Å². The fourth-order valence-electron chi connectivity index (χ4n) is 0.616. The van der Waals surface area contributed by atoms with Gasteiger partial charge in [-0.05, 0) is 34.0 Å². The Labute approximate surface area is 80.3 Å². The molecule has 0 spiro atoms. The van der Waals surface area contributed by atoms with Crippen LogP contribution in [0.2, 0.25) is 0 Å². The third-order valence-corrected chi connectivity index (χ3v) is 2.13. The van der Waals surface area contributed by atoms with Gasteiger partial charge in [0.05, 0.1) is 0 Å². The first-order chi connectivity index (χ1) is 5.86. The van der Waals surface area contributed by atoms with Gasteiger partial charge in [0.1, 0.15) is 5.84 Å². The van der Waals surface area contributed by atoms with Gasteiger partial charge in [0.25, 0.3) is 0 Å². The van der Waals surface area contributed by atoms with E-state index >= 15 is 0 Å². The third kappa shape index (κ3) is 5.25. The molecule has 0 fully saturated rings. The zero-order valence-electron chi connectivity index (χ0n) is 8.89. The van der Waals surface area contributed by atoms with E-state index in [2.05, 4.69) is 24.1 Å². The molecule has 0 aromatic rings. The Morgan fingerprint density at radius 2 is 2.08 bits per heavy atom. The molecule has 0 saturated carbocycles. The second-order valence-corrected chi connectivity index (χ2v) is 3.88. The third-order valence-electron chi connectivity index (χ3n) is 2.13. The van der Waals surface area contributed by atoms with Crippen molar-refractivity contribution in [2.24, 2.45) is 5.73 Å². The Hall–Kier alpha value is -1.03. The average molecular weight is 184 g/mol. The molecule has 0 aliphatic heterocycles. The molecule has 0 aromatic carbocycles. The van der Waals surface area contributed by atoms with Crippen LogP contribution in [0.15, 0.2) is 12.3 Å². The Morgan fingerprint density at radius 1 is 1.54 bits per heavy atom. The highest BCUT2D eigenvalue weighted by Gasteiger charge is 2.18. The lowest BCUT2D eigenvalue weighted by atomic mass is 10.1. The molecule has 0 aromatic heterocycles. The summed E-state index contributed by atoms with van der Waals surface area (Å²) in [6.45, 7) is 5.10. The number of hydrogen-bond acceptors (Lipinski definition) is 3. The molecule has 0 saturated heterocycles. The Morgan fingerprint density at radius 3 is 2.46 bits per heavy atom. The van der Waals surface area contributed by atoms with E-state index in [-0.39, 0.29) is 11.4 Å². The molecule has 0 radical (unpaired) electrons. The van der Waals surface area contributed by atoms with Crippen molar-refractivity contribution < 1.29 is 0 Å². The largest absolute Gasteiger partial charge is 0.389 e. The van der Waals surface area contributed by atoms with Crippen molar-refractivity contribution in [3.05, 3.63) is 12.3 Å². The quantitative estimate of drug-likeness (QED) is 0.427. The highest BCUT2D eigenvalue weighted by Crippen LogP contribution is 2.07. The minimum atomic E-state index is 0.0650. The first kappa shape index (κ1) is 12.0. The smallest absolute Gasteiger partial charge is 0.116 e. The van der Waals surface area contributed by atoms with E-state index in [9.17, 15) is 0 Å². The maximum Gasteiger partial charge on any atom is 0.116 e. The summed E-state index contributed by atoms with van der Waals surface area (Å²) in [4.78, 5) is 2.14. The number of nitrogens with one attached hydrogen (secondary N) is 2. The van der Waals surface area contributed by atoms with Gasteiger partial charge in [-0.15, -0.1) is 0 Å². The van der Waals surface area contributed by atoms with E-state index in [0.29, 0.717) is 0 Å². The van der Waals surface area contributed by atoms with E-state index in [4.69, 9.17) is 11.1 Å². The summed E-state index contributed by atoms with van der Waals surface area (Å²) in [5, 5.41) is 10.0. The maximum atomic E-state index is 6.95. The first-order valence-electron chi connectivity index (χ1n) is 4.27. The topological polar surface area (TPSA) is 65.1 Å². The van der Waals surface area contributed by atoms with Gasteiger partial charge in [-0.3, -0.25) is 5.41 Å². The average Bonchev–Trinajstić information content (AvgIpc) is 1.97. The minimum Gasteiger partial charge on any atom is -0.389 e. The predicted molar refractivity (Wildman–Crippen MR) is 56.8 cm³/mol. The second kappa shape index (κ2) is 4.87. The highest BCUT2D eigenvalue weighted by molar-refractivity contribution is 5.88. The molecule has 0 bridgehead atoms. The van der Waals surface area contributed by atoms with Crippen LogP contribution in [0.3, 0.4) is 0 Å². The van der Waals surface area contributed by atoms with E-state index in [1.807, 2.05) is 14.1 Å². The van der Waals surface area contributed by atoms with E-state index in [1.165, 1.54) is 6.08 Å². The van der Waals surface area contributed by atoms with Gasteiger partial charge in [0.15, 0.2) is 0 Å². The molecule has 0 atom stereocenters. The van der Waals surface area contributed by atoms with E-state index in [1.54, 1.807) is 6.20 Å². The lowest BCUT2D eigenvalue weighted by Gasteiger charge is -2.32. The SMILES string of the molecule is CN(C)C(C)(C)CN/C=C\C(=N)N. The molecule has 13 heavy (non-hydrogen) atoms. The van der Waals surface area contributed by atoms with Crippen molar-refractivity contribution in [2.75, 3.05) is 20.6 Å². The fraction of sp³-hybridized carbons (Fsp3) is 0.667. The van der Waals surface area contributed by atoms with E-state index in [0.717, 1.165) is 6.54 Å². The Bertz CT molecular complexity index is 194. The normalized spacial score (nSPS) is 12.4. The van der Waals surface area contributed by atoms with Crippen LogP contribution in [0.5, 0.6) is 0 Å². The lowest BCUT2D eigenvalue weighted by Crippen LogP contribution is -2.45. The van der Waals surface area contributed by atoms with Gasteiger partial charge in [0, 0.05) is 18.3 Å². The van der Waals surface area contributed by atoms with E-state index < -0.39 is 0 Å². The maximum absolute atomic E-state index is 6.95. The van der Waals surface area contributed by atoms with Crippen LogP contribution in [-0.2, 0) is 0 Å². The van der Waals surface area contributed by atoms with Gasteiger partial charge in [-0.25, -0.2) is 0 Å². The molecule has 4 N–H and O–H groups in total. The van der Waals surface area contributed by atoms with Gasteiger partial charge in [-0.2, -0.15) is 0 Å². The highest BCUT2D eigenvalue weighted by atomic mass is 15.2. The molecule has 76 valence electrons. The summed E-state index contributed by atoms with van der Waals surface area (Å²) in [5.41, 5.74) is 5.25. The lowest BCUT2D eigenvalue weighted by molar-refractivity contribution is 0.196. The monoisotopic (exact) mass is 184 g/mol. The summed E-state index contributed by atoms with van der Waals surface area (Å²) in [5.74, 6) is 0.0650. The number of likely N-dealkylation sites (N-methyl/N-ethyl adjacent to an activating group) is 1. The van der Waals surface area contributed by atoms with Crippen LogP contribution >= 0.6 is 0 Å². The van der Waals surface area contributed by atoms with Crippen LogP contribution in [-0.4, -0.2) is 36.9 Å².